The lowest BCUT2D eigenvalue weighted by Gasteiger charge is -2.24. The Labute approximate surface area is 120 Å². The molecule has 0 radical (unpaired) electrons. The van der Waals surface area contributed by atoms with E-state index >= 15 is 0 Å². The minimum absolute atomic E-state index is 0.0927. The Morgan fingerprint density at radius 3 is 2.15 bits per heavy atom. The molecule has 3 N–H and O–H groups in total. The lowest BCUT2D eigenvalue weighted by molar-refractivity contribution is -0.140. The number of urea groups is 1. The molecule has 0 aromatic heterocycles. The van der Waals surface area contributed by atoms with Crippen molar-refractivity contribution in [2.45, 2.75) is 44.9 Å². The number of nitrogens with one attached hydrogen (secondary N) is 2. The van der Waals surface area contributed by atoms with Crippen molar-refractivity contribution in [2.24, 2.45) is 5.92 Å². The van der Waals surface area contributed by atoms with Gasteiger partial charge in [-0.05, 0) is 19.8 Å². The smallest absolute Gasteiger partial charge is 0.326 e. The molecule has 2 atom stereocenters. The average molecular weight is 308 g/mol. The zero-order valence-corrected chi connectivity index (χ0v) is 13.4. The zero-order valence-electron chi connectivity index (χ0n) is 12.6. The van der Waals surface area contributed by atoms with Gasteiger partial charge in [-0.25, -0.2) is 18.0 Å². The van der Waals surface area contributed by atoms with Crippen LogP contribution in [0.15, 0.2) is 0 Å². The Morgan fingerprint density at radius 2 is 1.80 bits per heavy atom. The molecule has 0 bridgehead atoms. The molecule has 20 heavy (non-hydrogen) atoms. The van der Waals surface area contributed by atoms with Crippen LogP contribution in [0.2, 0.25) is 0 Å². The number of rotatable bonds is 7. The van der Waals surface area contributed by atoms with Crippen molar-refractivity contribution in [3.05, 3.63) is 0 Å². The van der Waals surface area contributed by atoms with Crippen LogP contribution in [0.4, 0.5) is 4.79 Å². The van der Waals surface area contributed by atoms with Gasteiger partial charge in [-0.3, -0.25) is 0 Å². The minimum Gasteiger partial charge on any atom is -0.480 e. The molecular formula is C12H24N2O5S. The topological polar surface area (TPSA) is 113 Å². The number of amides is 2. The van der Waals surface area contributed by atoms with Crippen LogP contribution < -0.4 is 10.6 Å². The normalized spacial score (nSPS) is 15.2. The van der Waals surface area contributed by atoms with Crippen molar-refractivity contribution in [1.29, 1.82) is 0 Å². The average Bonchev–Trinajstić information content (AvgIpc) is 2.30. The quantitative estimate of drug-likeness (QED) is 0.638. The number of sulfone groups is 1. The van der Waals surface area contributed by atoms with Gasteiger partial charge in [0.2, 0.25) is 0 Å². The van der Waals surface area contributed by atoms with Crippen LogP contribution in [-0.4, -0.2) is 49.1 Å². The van der Waals surface area contributed by atoms with Gasteiger partial charge in [0.05, 0.1) is 4.75 Å². The lowest BCUT2D eigenvalue weighted by Crippen LogP contribution is -2.52. The summed E-state index contributed by atoms with van der Waals surface area (Å²) in [4.78, 5) is 22.7. The molecule has 8 heteroatoms. The van der Waals surface area contributed by atoms with Crippen LogP contribution in [-0.2, 0) is 14.6 Å². The summed E-state index contributed by atoms with van der Waals surface area (Å²) in [6.45, 7) is 6.44. The summed E-state index contributed by atoms with van der Waals surface area (Å²) in [5.74, 6) is -1.34. The van der Waals surface area contributed by atoms with Crippen LogP contribution >= 0.6 is 0 Å². The first-order chi connectivity index (χ1) is 8.92. The monoisotopic (exact) mass is 308 g/mol. The Kier molecular flexibility index (Phi) is 6.46. The first-order valence-corrected chi connectivity index (χ1v) is 8.28. The van der Waals surface area contributed by atoms with Gasteiger partial charge in [0.15, 0.2) is 9.84 Å². The first kappa shape index (κ1) is 18.7. The molecule has 0 aliphatic carbocycles. The fourth-order valence-corrected chi connectivity index (χ4v) is 1.63. The van der Waals surface area contributed by atoms with Gasteiger partial charge < -0.3 is 15.7 Å². The van der Waals surface area contributed by atoms with E-state index in [0.717, 1.165) is 6.26 Å². The predicted molar refractivity (Wildman–Crippen MR) is 76.3 cm³/mol. The number of carboxylic acids is 1. The molecule has 118 valence electrons. The molecule has 0 saturated carbocycles. The van der Waals surface area contributed by atoms with E-state index in [1.807, 2.05) is 6.92 Å². The van der Waals surface area contributed by atoms with Crippen molar-refractivity contribution in [2.75, 3.05) is 12.8 Å². The summed E-state index contributed by atoms with van der Waals surface area (Å²) in [5.41, 5.74) is 0. The van der Waals surface area contributed by atoms with E-state index in [2.05, 4.69) is 10.6 Å². The molecule has 0 spiro atoms. The third kappa shape index (κ3) is 5.36. The molecule has 7 nitrogen and oxygen atoms in total. The number of carboxylic acid groups (broad SMARTS) is 1. The molecule has 2 amide bonds. The van der Waals surface area contributed by atoms with Crippen molar-refractivity contribution < 1.29 is 23.1 Å². The van der Waals surface area contributed by atoms with Crippen LogP contribution in [0.25, 0.3) is 0 Å². The number of hydrogen-bond donors (Lipinski definition) is 3. The van der Waals surface area contributed by atoms with Crippen molar-refractivity contribution in [3.8, 4) is 0 Å². The largest absolute Gasteiger partial charge is 0.480 e. The maximum Gasteiger partial charge on any atom is 0.326 e. The maximum atomic E-state index is 11.7. The van der Waals surface area contributed by atoms with Gasteiger partial charge >= 0.3 is 12.0 Å². The van der Waals surface area contributed by atoms with Gasteiger partial charge in [0, 0.05) is 12.8 Å². The minimum atomic E-state index is -3.32. The maximum absolute atomic E-state index is 11.7. The van der Waals surface area contributed by atoms with Gasteiger partial charge in [-0.2, -0.15) is 0 Å². The standard InChI is InChI=1S/C12H24N2O5S/c1-6-8(2)9(10(15)16)14-11(17)13-7-12(3,4)20(5,18)19/h8-9H,6-7H2,1-5H3,(H,15,16)(H2,13,14,17). The Bertz CT molecular complexity index is 458. The summed E-state index contributed by atoms with van der Waals surface area (Å²) < 4.78 is 21.9. The van der Waals surface area contributed by atoms with Gasteiger partial charge in [-0.15, -0.1) is 0 Å². The molecule has 0 aliphatic rings. The second-order valence-corrected chi connectivity index (χ2v) is 8.21. The van der Waals surface area contributed by atoms with Crippen molar-refractivity contribution in [3.63, 3.8) is 0 Å². The molecule has 0 aromatic carbocycles. The summed E-state index contributed by atoms with van der Waals surface area (Å²) in [6, 6.07) is -1.68. The molecule has 2 unspecified atom stereocenters. The third-order valence-corrected chi connectivity index (χ3v) is 5.60. The summed E-state index contributed by atoms with van der Waals surface area (Å²) in [5, 5.41) is 13.8. The molecular weight excluding hydrogens is 284 g/mol. The fourth-order valence-electron chi connectivity index (χ4n) is 1.30. The SMILES string of the molecule is CCC(C)C(NC(=O)NCC(C)(C)S(C)(=O)=O)C(=O)O. The molecule has 0 fully saturated rings. The highest BCUT2D eigenvalue weighted by Crippen LogP contribution is 2.13. The predicted octanol–water partition coefficient (Wildman–Crippen LogP) is 0.608. The van der Waals surface area contributed by atoms with E-state index in [0.29, 0.717) is 6.42 Å². The van der Waals surface area contributed by atoms with Gasteiger partial charge in [0.25, 0.3) is 0 Å². The van der Waals surface area contributed by atoms with Gasteiger partial charge in [-0.1, -0.05) is 20.3 Å². The zero-order chi connectivity index (χ0) is 16.1. The summed E-state index contributed by atoms with van der Waals surface area (Å²) >= 11 is 0. The molecule has 0 heterocycles. The second-order valence-electron chi connectivity index (χ2n) is 5.56. The summed E-state index contributed by atoms with van der Waals surface area (Å²) in [7, 11) is -3.32. The van der Waals surface area contributed by atoms with E-state index in [4.69, 9.17) is 5.11 Å². The highest BCUT2D eigenvalue weighted by Gasteiger charge is 2.31. The summed E-state index contributed by atoms with van der Waals surface area (Å²) in [6.07, 6.45) is 1.69. The van der Waals surface area contributed by atoms with Crippen molar-refractivity contribution >= 4 is 21.8 Å². The van der Waals surface area contributed by atoms with Crippen LogP contribution in [0.5, 0.6) is 0 Å². The van der Waals surface area contributed by atoms with E-state index in [1.165, 1.54) is 13.8 Å². The number of hydrogen-bond acceptors (Lipinski definition) is 4. The lowest BCUT2D eigenvalue weighted by atomic mass is 9.99. The van der Waals surface area contributed by atoms with Gasteiger partial charge in [0.1, 0.15) is 6.04 Å². The molecule has 0 aromatic rings. The van der Waals surface area contributed by atoms with E-state index in [1.54, 1.807) is 6.92 Å². The number of aliphatic carboxylic acids is 1. The fraction of sp³-hybridized carbons (Fsp3) is 0.833. The highest BCUT2D eigenvalue weighted by atomic mass is 32.2. The Hall–Kier alpha value is -1.31. The van der Waals surface area contributed by atoms with E-state index in [9.17, 15) is 18.0 Å². The molecule has 0 saturated heterocycles. The number of carbonyl (C=O) groups excluding carboxylic acids is 1. The second kappa shape index (κ2) is 6.92. The molecule has 0 aliphatic heterocycles. The number of carbonyl (C=O) groups is 2. The van der Waals surface area contributed by atoms with Crippen molar-refractivity contribution in [1.82, 2.24) is 10.6 Å². The third-order valence-electron chi connectivity index (χ3n) is 3.44. The van der Waals surface area contributed by atoms with Crippen LogP contribution in [0, 0.1) is 5.92 Å². The Balaban J connectivity index is 4.61. The van der Waals surface area contributed by atoms with E-state index < -0.39 is 32.6 Å². The van der Waals surface area contributed by atoms with Crippen LogP contribution in [0.1, 0.15) is 34.1 Å². The first-order valence-electron chi connectivity index (χ1n) is 6.39. The van der Waals surface area contributed by atoms with E-state index in [-0.39, 0.29) is 12.5 Å². The van der Waals surface area contributed by atoms with Crippen LogP contribution in [0.3, 0.4) is 0 Å². The Morgan fingerprint density at radius 1 is 1.30 bits per heavy atom. The molecule has 0 rings (SSSR count). The highest BCUT2D eigenvalue weighted by molar-refractivity contribution is 7.92.